The standard InChI is InChI=1S/C5H9NO2/c1-6-2-4(6)5(8)3-7/h4,7H,2-3H2,1H3/t4-,6?/m0/s1. The SMILES string of the molecule is CN1C[C@H]1C(=O)CO. The van der Waals surface area contributed by atoms with Gasteiger partial charge in [0.15, 0.2) is 5.78 Å². The highest BCUT2D eigenvalue weighted by Crippen LogP contribution is 2.12. The van der Waals surface area contributed by atoms with Gasteiger partial charge < -0.3 is 5.11 Å². The minimum absolute atomic E-state index is 0.0278. The number of aliphatic hydroxyl groups is 1. The molecule has 1 fully saturated rings. The van der Waals surface area contributed by atoms with Crippen molar-refractivity contribution in [3.8, 4) is 0 Å². The van der Waals surface area contributed by atoms with Gasteiger partial charge in [0.2, 0.25) is 0 Å². The van der Waals surface area contributed by atoms with Gasteiger partial charge >= 0.3 is 0 Å². The molecule has 0 amide bonds. The van der Waals surface area contributed by atoms with Crippen molar-refractivity contribution in [3.05, 3.63) is 0 Å². The molecule has 0 aromatic carbocycles. The molecule has 2 atom stereocenters. The van der Waals surface area contributed by atoms with Crippen molar-refractivity contribution in [1.82, 2.24) is 4.90 Å². The van der Waals surface area contributed by atoms with Crippen LogP contribution in [0.1, 0.15) is 0 Å². The van der Waals surface area contributed by atoms with Gasteiger partial charge in [-0.2, -0.15) is 0 Å². The molecule has 1 heterocycles. The van der Waals surface area contributed by atoms with Crippen LogP contribution >= 0.6 is 0 Å². The third kappa shape index (κ3) is 0.877. The molecule has 0 aliphatic carbocycles. The third-order valence-corrected chi connectivity index (χ3v) is 1.39. The van der Waals surface area contributed by atoms with Crippen LogP contribution in [0.15, 0.2) is 0 Å². The van der Waals surface area contributed by atoms with E-state index in [0.29, 0.717) is 0 Å². The number of hydrogen-bond acceptors (Lipinski definition) is 3. The summed E-state index contributed by atoms with van der Waals surface area (Å²) in [6, 6.07) is 0.0278. The Morgan fingerprint density at radius 3 is 2.62 bits per heavy atom. The zero-order valence-corrected chi connectivity index (χ0v) is 4.79. The average molecular weight is 115 g/mol. The predicted octanol–water partition coefficient (Wildman–Crippen LogP) is -1.14. The number of ketones is 1. The van der Waals surface area contributed by atoms with Gasteiger partial charge in [-0.3, -0.25) is 9.69 Å². The van der Waals surface area contributed by atoms with E-state index in [1.165, 1.54) is 0 Å². The van der Waals surface area contributed by atoms with E-state index in [9.17, 15) is 4.79 Å². The Bertz CT molecular complexity index is 113. The van der Waals surface area contributed by atoms with Crippen LogP contribution in [0, 0.1) is 0 Å². The molecule has 1 unspecified atom stereocenters. The molecule has 0 saturated carbocycles. The van der Waals surface area contributed by atoms with Gasteiger partial charge in [0.05, 0.1) is 6.04 Å². The van der Waals surface area contributed by atoms with Gasteiger partial charge in [-0.15, -0.1) is 0 Å². The summed E-state index contributed by atoms with van der Waals surface area (Å²) in [7, 11) is 1.86. The van der Waals surface area contributed by atoms with Crippen LogP contribution in [0.2, 0.25) is 0 Å². The zero-order chi connectivity index (χ0) is 6.15. The van der Waals surface area contributed by atoms with E-state index in [4.69, 9.17) is 5.11 Å². The number of likely N-dealkylation sites (N-methyl/N-ethyl adjacent to an activating group) is 1. The van der Waals surface area contributed by atoms with E-state index >= 15 is 0 Å². The first kappa shape index (κ1) is 5.72. The fourth-order valence-corrected chi connectivity index (χ4v) is 0.679. The van der Waals surface area contributed by atoms with Gasteiger partial charge in [0.25, 0.3) is 0 Å². The Labute approximate surface area is 47.9 Å². The van der Waals surface area contributed by atoms with Crippen molar-refractivity contribution in [1.29, 1.82) is 0 Å². The Hall–Kier alpha value is -0.410. The Kier molecular flexibility index (Phi) is 1.31. The molecule has 0 radical (unpaired) electrons. The topological polar surface area (TPSA) is 40.3 Å². The summed E-state index contributed by atoms with van der Waals surface area (Å²) >= 11 is 0. The largest absolute Gasteiger partial charge is 0.389 e. The Morgan fingerprint density at radius 2 is 2.50 bits per heavy atom. The molecule has 1 saturated heterocycles. The number of carbonyl (C=O) groups excluding carboxylic acids is 1. The highest BCUT2D eigenvalue weighted by Gasteiger charge is 2.35. The lowest BCUT2D eigenvalue weighted by molar-refractivity contribution is -0.121. The highest BCUT2D eigenvalue weighted by atomic mass is 16.3. The lowest BCUT2D eigenvalue weighted by Gasteiger charge is -1.88. The number of Topliss-reactive ketones (excluding diaryl/α,β-unsaturated/α-hetero) is 1. The Morgan fingerprint density at radius 1 is 2.00 bits per heavy atom. The fraction of sp³-hybridized carbons (Fsp3) is 0.800. The molecule has 8 heavy (non-hydrogen) atoms. The summed E-state index contributed by atoms with van der Waals surface area (Å²) in [5.41, 5.74) is 0. The van der Waals surface area contributed by atoms with Gasteiger partial charge in [-0.25, -0.2) is 0 Å². The van der Waals surface area contributed by atoms with Crippen LogP contribution in [0.4, 0.5) is 0 Å². The first-order valence-corrected chi connectivity index (χ1v) is 2.59. The van der Waals surface area contributed by atoms with Crippen molar-refractivity contribution >= 4 is 5.78 Å². The third-order valence-electron chi connectivity index (χ3n) is 1.39. The van der Waals surface area contributed by atoms with E-state index in [2.05, 4.69) is 0 Å². The molecule has 1 N–H and O–H groups in total. The maximum Gasteiger partial charge on any atom is 0.176 e. The molecule has 0 aromatic heterocycles. The number of aliphatic hydroxyl groups excluding tert-OH is 1. The highest BCUT2D eigenvalue weighted by molar-refractivity contribution is 5.87. The molecule has 46 valence electrons. The molecule has 1 aliphatic heterocycles. The summed E-state index contributed by atoms with van der Waals surface area (Å²) in [5.74, 6) is -0.0625. The summed E-state index contributed by atoms with van der Waals surface area (Å²) in [6.45, 7) is 0.508. The number of carbonyl (C=O) groups is 1. The van der Waals surface area contributed by atoms with Crippen molar-refractivity contribution in [2.75, 3.05) is 20.2 Å². The van der Waals surface area contributed by atoms with Gasteiger partial charge in [-0.05, 0) is 7.05 Å². The molecule has 1 rings (SSSR count). The normalized spacial score (nSPS) is 34.8. The number of hydrogen-bond donors (Lipinski definition) is 1. The quantitative estimate of drug-likeness (QED) is 0.462. The second kappa shape index (κ2) is 1.84. The number of rotatable bonds is 2. The number of nitrogens with zero attached hydrogens (tertiary/aromatic N) is 1. The molecule has 3 nitrogen and oxygen atoms in total. The maximum absolute atomic E-state index is 10.5. The summed E-state index contributed by atoms with van der Waals surface area (Å²) in [4.78, 5) is 12.4. The summed E-state index contributed by atoms with van der Waals surface area (Å²) < 4.78 is 0. The minimum Gasteiger partial charge on any atom is -0.389 e. The van der Waals surface area contributed by atoms with Crippen molar-refractivity contribution in [2.45, 2.75) is 6.04 Å². The summed E-state index contributed by atoms with van der Waals surface area (Å²) in [6.07, 6.45) is 0. The minimum atomic E-state index is -0.311. The molecule has 3 heteroatoms. The monoisotopic (exact) mass is 115 g/mol. The van der Waals surface area contributed by atoms with Crippen molar-refractivity contribution in [3.63, 3.8) is 0 Å². The molecular formula is C5H9NO2. The molecule has 0 aromatic rings. The lowest BCUT2D eigenvalue weighted by atomic mass is 10.3. The maximum atomic E-state index is 10.5. The molecule has 1 aliphatic rings. The Balaban J connectivity index is 2.28. The average Bonchev–Trinajstić information content (AvgIpc) is 2.45. The van der Waals surface area contributed by atoms with E-state index < -0.39 is 0 Å². The molecule has 0 spiro atoms. The smallest absolute Gasteiger partial charge is 0.176 e. The van der Waals surface area contributed by atoms with E-state index in [0.717, 1.165) is 6.54 Å². The van der Waals surface area contributed by atoms with Crippen LogP contribution < -0.4 is 0 Å². The first-order valence-electron chi connectivity index (χ1n) is 2.59. The van der Waals surface area contributed by atoms with E-state index in [1.807, 2.05) is 11.9 Å². The van der Waals surface area contributed by atoms with Crippen molar-refractivity contribution < 1.29 is 9.90 Å². The van der Waals surface area contributed by atoms with Crippen LogP contribution in [-0.4, -0.2) is 42.0 Å². The zero-order valence-electron chi connectivity index (χ0n) is 4.79. The lowest BCUT2D eigenvalue weighted by Crippen LogP contribution is -2.14. The van der Waals surface area contributed by atoms with Crippen LogP contribution in [0.25, 0.3) is 0 Å². The van der Waals surface area contributed by atoms with Gasteiger partial charge in [0, 0.05) is 6.54 Å². The van der Waals surface area contributed by atoms with E-state index in [1.54, 1.807) is 0 Å². The first-order chi connectivity index (χ1) is 3.75. The van der Waals surface area contributed by atoms with Gasteiger partial charge in [0.1, 0.15) is 6.61 Å². The second-order valence-electron chi connectivity index (χ2n) is 2.08. The van der Waals surface area contributed by atoms with Crippen LogP contribution in [-0.2, 0) is 4.79 Å². The van der Waals surface area contributed by atoms with Gasteiger partial charge in [-0.1, -0.05) is 0 Å². The molecule has 0 bridgehead atoms. The van der Waals surface area contributed by atoms with Crippen LogP contribution in [0.5, 0.6) is 0 Å². The fourth-order valence-electron chi connectivity index (χ4n) is 0.679. The van der Waals surface area contributed by atoms with Crippen molar-refractivity contribution in [2.24, 2.45) is 0 Å². The predicted molar refractivity (Wildman–Crippen MR) is 28.5 cm³/mol. The van der Waals surface area contributed by atoms with E-state index in [-0.39, 0.29) is 18.4 Å². The summed E-state index contributed by atoms with van der Waals surface area (Å²) in [5, 5.41) is 8.29. The van der Waals surface area contributed by atoms with Crippen LogP contribution in [0.3, 0.4) is 0 Å². The second-order valence-corrected chi connectivity index (χ2v) is 2.08. The molecular weight excluding hydrogens is 106 g/mol.